The van der Waals surface area contributed by atoms with Gasteiger partial charge in [-0.2, -0.15) is 0 Å². The monoisotopic (exact) mass is 179 g/mol. The number of hydrogen-bond acceptors (Lipinski definition) is 4. The first kappa shape index (κ1) is 7.44. The van der Waals surface area contributed by atoms with E-state index < -0.39 is 0 Å². The molecule has 0 radical (unpaired) electrons. The average molecular weight is 179 g/mol. The van der Waals surface area contributed by atoms with Gasteiger partial charge >= 0.3 is 0 Å². The van der Waals surface area contributed by atoms with Crippen LogP contribution < -0.4 is 5.32 Å². The van der Waals surface area contributed by atoms with Crippen LogP contribution in [0.5, 0.6) is 0 Å². The number of rotatable bonds is 2. The highest BCUT2D eigenvalue weighted by atomic mass is 15.6. The fourth-order valence-electron chi connectivity index (χ4n) is 1.92. The van der Waals surface area contributed by atoms with Crippen molar-refractivity contribution in [2.45, 2.75) is 31.2 Å². The number of hydrogen-bond donors (Lipinski definition) is 1. The van der Waals surface area contributed by atoms with E-state index >= 15 is 0 Å². The van der Waals surface area contributed by atoms with Crippen molar-refractivity contribution in [3.63, 3.8) is 0 Å². The van der Waals surface area contributed by atoms with Gasteiger partial charge in [-0.15, -0.1) is 5.10 Å². The topological polar surface area (TPSA) is 55.6 Å². The molecule has 0 amide bonds. The largest absolute Gasteiger partial charge is 0.316 e. The molecular weight excluding hydrogens is 166 g/mol. The summed E-state index contributed by atoms with van der Waals surface area (Å²) in [6.45, 7) is 2.13. The third-order valence-corrected chi connectivity index (χ3v) is 2.84. The first-order valence-corrected chi connectivity index (χ1v) is 4.93. The smallest absolute Gasteiger partial charge is 0.155 e. The van der Waals surface area contributed by atoms with Gasteiger partial charge in [-0.25, -0.2) is 4.68 Å². The van der Waals surface area contributed by atoms with E-state index in [1.807, 2.05) is 4.68 Å². The van der Waals surface area contributed by atoms with Crippen molar-refractivity contribution in [1.82, 2.24) is 25.5 Å². The summed E-state index contributed by atoms with van der Waals surface area (Å²) < 4.78 is 2.03. The number of aromatic nitrogens is 4. The van der Waals surface area contributed by atoms with E-state index in [0.717, 1.165) is 18.9 Å². The molecule has 0 bridgehead atoms. The van der Waals surface area contributed by atoms with Gasteiger partial charge in [0.2, 0.25) is 0 Å². The molecule has 5 nitrogen and oxygen atoms in total. The zero-order chi connectivity index (χ0) is 8.67. The number of nitrogens with one attached hydrogen (secondary N) is 1. The van der Waals surface area contributed by atoms with Gasteiger partial charge in [0, 0.05) is 12.5 Å². The van der Waals surface area contributed by atoms with Crippen LogP contribution in [0, 0.1) is 0 Å². The van der Waals surface area contributed by atoms with E-state index in [1.54, 1.807) is 0 Å². The van der Waals surface area contributed by atoms with Gasteiger partial charge in [0.1, 0.15) is 0 Å². The Balaban J connectivity index is 1.88. The maximum absolute atomic E-state index is 4.12. The summed E-state index contributed by atoms with van der Waals surface area (Å²) in [5.74, 6) is 1.63. The molecule has 3 rings (SSSR count). The van der Waals surface area contributed by atoms with Gasteiger partial charge in [0.05, 0.1) is 6.04 Å². The van der Waals surface area contributed by atoms with Gasteiger partial charge in [0.25, 0.3) is 0 Å². The van der Waals surface area contributed by atoms with Crippen LogP contribution in [0.1, 0.15) is 37.0 Å². The molecule has 13 heavy (non-hydrogen) atoms. The van der Waals surface area contributed by atoms with Crippen molar-refractivity contribution in [1.29, 1.82) is 0 Å². The molecule has 1 aliphatic carbocycles. The highest BCUT2D eigenvalue weighted by Crippen LogP contribution is 2.36. The lowest BCUT2D eigenvalue weighted by molar-refractivity contribution is 0.550. The minimum atomic E-state index is 0.538. The van der Waals surface area contributed by atoms with Crippen molar-refractivity contribution in [2.24, 2.45) is 0 Å². The minimum absolute atomic E-state index is 0.538. The summed E-state index contributed by atoms with van der Waals surface area (Å²) >= 11 is 0. The Bertz CT molecular complexity index is 297. The molecule has 1 saturated carbocycles. The van der Waals surface area contributed by atoms with E-state index in [-0.39, 0.29) is 0 Å². The molecule has 2 aliphatic rings. The van der Waals surface area contributed by atoms with Crippen LogP contribution in [0.25, 0.3) is 0 Å². The summed E-state index contributed by atoms with van der Waals surface area (Å²) in [7, 11) is 0. The van der Waals surface area contributed by atoms with Crippen LogP contribution in [0.3, 0.4) is 0 Å². The summed E-state index contributed by atoms with van der Waals surface area (Å²) in [5, 5.41) is 15.3. The first-order valence-electron chi connectivity index (χ1n) is 4.93. The molecule has 1 N–H and O–H groups in total. The van der Waals surface area contributed by atoms with Crippen LogP contribution in [0.2, 0.25) is 0 Å². The number of tetrazole rings is 1. The van der Waals surface area contributed by atoms with Gasteiger partial charge in [0.15, 0.2) is 5.82 Å². The van der Waals surface area contributed by atoms with E-state index in [9.17, 15) is 0 Å². The normalized spacial score (nSPS) is 28.2. The van der Waals surface area contributed by atoms with Crippen LogP contribution in [-0.4, -0.2) is 33.3 Å². The van der Waals surface area contributed by atoms with E-state index in [4.69, 9.17) is 0 Å². The summed E-state index contributed by atoms with van der Waals surface area (Å²) in [6.07, 6.45) is 3.67. The van der Waals surface area contributed by atoms with Crippen molar-refractivity contribution in [3.8, 4) is 0 Å². The first-order chi connectivity index (χ1) is 6.45. The standard InChI is InChI=1S/C8H13N5/c1-2-7(1)13-8(10-11-12-13)6-3-4-9-5-6/h6-7,9H,1-5H2. The quantitative estimate of drug-likeness (QED) is 0.698. The third kappa shape index (κ3) is 1.23. The Morgan fingerprint density at radius 3 is 2.92 bits per heavy atom. The van der Waals surface area contributed by atoms with E-state index in [2.05, 4.69) is 20.8 Å². The molecule has 1 saturated heterocycles. The molecule has 1 aromatic rings. The van der Waals surface area contributed by atoms with Gasteiger partial charge in [-0.1, -0.05) is 0 Å². The van der Waals surface area contributed by atoms with Crippen molar-refractivity contribution < 1.29 is 0 Å². The predicted octanol–water partition coefficient (Wildman–Crippen LogP) is 0.0849. The Labute approximate surface area is 76.5 Å². The molecule has 1 unspecified atom stereocenters. The van der Waals surface area contributed by atoms with Crippen LogP contribution >= 0.6 is 0 Å². The molecule has 2 heterocycles. The molecule has 0 spiro atoms. The Morgan fingerprint density at radius 1 is 1.31 bits per heavy atom. The lowest BCUT2D eigenvalue weighted by Gasteiger charge is -2.07. The summed E-state index contributed by atoms with van der Waals surface area (Å²) in [6, 6.07) is 0.602. The van der Waals surface area contributed by atoms with Crippen LogP contribution in [0.15, 0.2) is 0 Å². The fraction of sp³-hybridized carbons (Fsp3) is 0.875. The Hall–Kier alpha value is -0.970. The molecule has 1 aromatic heterocycles. The predicted molar refractivity (Wildman–Crippen MR) is 46.3 cm³/mol. The molecule has 1 aliphatic heterocycles. The molecular formula is C8H13N5. The van der Waals surface area contributed by atoms with Gasteiger partial charge in [-0.05, 0) is 36.2 Å². The molecule has 0 aromatic carbocycles. The van der Waals surface area contributed by atoms with Crippen LogP contribution in [-0.2, 0) is 0 Å². The maximum Gasteiger partial charge on any atom is 0.155 e. The molecule has 1 atom stereocenters. The van der Waals surface area contributed by atoms with Crippen LogP contribution in [0.4, 0.5) is 0 Å². The SMILES string of the molecule is C1CC(c2nnnn2C2CC2)CN1. The molecule has 70 valence electrons. The maximum atomic E-state index is 4.12. The molecule has 2 fully saturated rings. The lowest BCUT2D eigenvalue weighted by atomic mass is 10.1. The van der Waals surface area contributed by atoms with Gasteiger partial charge in [-0.3, -0.25) is 0 Å². The highest BCUT2D eigenvalue weighted by molar-refractivity contribution is 5.01. The van der Waals surface area contributed by atoms with Crippen molar-refractivity contribution >= 4 is 0 Å². The average Bonchev–Trinajstić information content (AvgIpc) is 2.72. The van der Waals surface area contributed by atoms with Crippen molar-refractivity contribution in [2.75, 3.05) is 13.1 Å². The van der Waals surface area contributed by atoms with Gasteiger partial charge < -0.3 is 5.32 Å². The second-order valence-corrected chi connectivity index (χ2v) is 3.90. The fourth-order valence-corrected chi connectivity index (χ4v) is 1.92. The zero-order valence-corrected chi connectivity index (χ0v) is 7.48. The lowest BCUT2D eigenvalue weighted by Crippen LogP contribution is -2.12. The Morgan fingerprint density at radius 2 is 2.23 bits per heavy atom. The molecule has 5 heteroatoms. The summed E-state index contributed by atoms with van der Waals surface area (Å²) in [5.41, 5.74) is 0. The highest BCUT2D eigenvalue weighted by Gasteiger charge is 2.31. The second kappa shape index (κ2) is 2.77. The van der Waals surface area contributed by atoms with Crippen molar-refractivity contribution in [3.05, 3.63) is 5.82 Å². The third-order valence-electron chi connectivity index (χ3n) is 2.84. The van der Waals surface area contributed by atoms with E-state index in [1.165, 1.54) is 19.3 Å². The zero-order valence-electron chi connectivity index (χ0n) is 7.48. The summed E-state index contributed by atoms with van der Waals surface area (Å²) in [4.78, 5) is 0. The van der Waals surface area contributed by atoms with E-state index in [0.29, 0.717) is 12.0 Å². The number of nitrogens with zero attached hydrogens (tertiary/aromatic N) is 4. The second-order valence-electron chi connectivity index (χ2n) is 3.90. The minimum Gasteiger partial charge on any atom is -0.316 e. The Kier molecular flexibility index (Phi) is 1.58.